The number of epoxide rings is 1. The van der Waals surface area contributed by atoms with Crippen LogP contribution in [0.4, 0.5) is 0 Å². The summed E-state index contributed by atoms with van der Waals surface area (Å²) in [5, 5.41) is 0. The van der Waals surface area contributed by atoms with Crippen LogP contribution in [0.25, 0.3) is 0 Å². The highest BCUT2D eigenvalue weighted by molar-refractivity contribution is 6.20. The van der Waals surface area contributed by atoms with Crippen molar-refractivity contribution in [1.29, 1.82) is 0 Å². The van der Waals surface area contributed by atoms with Crippen molar-refractivity contribution < 1.29 is 28.7 Å². The van der Waals surface area contributed by atoms with Gasteiger partial charge in [-0.05, 0) is 69.1 Å². The molecule has 5 rings (SSSR count). The van der Waals surface area contributed by atoms with Gasteiger partial charge in [0, 0.05) is 22.7 Å². The molecule has 9 atom stereocenters. The number of esters is 1. The van der Waals surface area contributed by atoms with Gasteiger partial charge in [0.1, 0.15) is 11.6 Å². The molecule has 1 saturated heterocycles. The number of hydrogen-bond acceptors (Lipinski definition) is 6. The Balaban J connectivity index is 1.56. The van der Waals surface area contributed by atoms with Gasteiger partial charge in [-0.25, -0.2) is 4.79 Å². The largest absolute Gasteiger partial charge is 0.460 e. The van der Waals surface area contributed by atoms with Crippen LogP contribution >= 0.6 is 0 Å². The Labute approximate surface area is 189 Å². The van der Waals surface area contributed by atoms with E-state index in [0.29, 0.717) is 0 Å². The number of ether oxygens (including phenoxy) is 2. The topological polar surface area (TPSA) is 90.0 Å². The van der Waals surface area contributed by atoms with E-state index in [0.717, 1.165) is 38.7 Å². The first-order valence-electron chi connectivity index (χ1n) is 12.0. The van der Waals surface area contributed by atoms with Gasteiger partial charge in [0.05, 0.1) is 19.3 Å². The summed E-state index contributed by atoms with van der Waals surface area (Å²) in [6, 6.07) is 0. The Hall–Kier alpha value is -1.82. The first kappa shape index (κ1) is 22.0. The van der Waals surface area contributed by atoms with Gasteiger partial charge in [-0.15, -0.1) is 0 Å². The number of fused-ring (bicyclic) bond motifs is 5. The van der Waals surface area contributed by atoms with Gasteiger partial charge < -0.3 is 9.47 Å². The van der Waals surface area contributed by atoms with Crippen LogP contribution in [-0.4, -0.2) is 43.1 Å². The molecule has 0 unspecified atom stereocenters. The molecule has 6 heteroatoms. The summed E-state index contributed by atoms with van der Waals surface area (Å²) in [5.41, 5.74) is 0.866. The molecule has 32 heavy (non-hydrogen) atoms. The van der Waals surface area contributed by atoms with Crippen molar-refractivity contribution in [1.82, 2.24) is 0 Å². The molecule has 0 radical (unpaired) electrons. The van der Waals surface area contributed by atoms with Crippen LogP contribution in [0.2, 0.25) is 0 Å². The molecule has 0 bridgehead atoms. The third-order valence-electron chi connectivity index (χ3n) is 10.0. The lowest BCUT2D eigenvalue weighted by Crippen LogP contribution is -2.54. The Morgan fingerprint density at radius 1 is 1.12 bits per heavy atom. The number of allylic oxidation sites excluding steroid dienone is 2. The number of carbonyl (C=O) groups is 4. The van der Waals surface area contributed by atoms with E-state index in [-0.39, 0.29) is 76.4 Å². The summed E-state index contributed by atoms with van der Waals surface area (Å²) in [6.07, 6.45) is 7.09. The number of ketones is 2. The van der Waals surface area contributed by atoms with Crippen LogP contribution in [0.5, 0.6) is 0 Å². The summed E-state index contributed by atoms with van der Waals surface area (Å²) < 4.78 is 11.0. The molecule has 0 aromatic carbocycles. The molecule has 0 aromatic heterocycles. The SMILES string of the molecule is CC(=O)[C@@H]1C[C@@H]2[C@@]3(COC(=O)C=O)C[C@H]3[C@H](C(C)=O)C[C@@]2(C)C2=CC[C@](C)([C@H]3CO3)C[C@H]21. The quantitative estimate of drug-likeness (QED) is 0.206. The van der Waals surface area contributed by atoms with Crippen molar-refractivity contribution >= 4 is 23.8 Å². The minimum absolute atomic E-state index is 0.0546. The summed E-state index contributed by atoms with van der Waals surface area (Å²) in [5.74, 6) is -0.0807. The molecule has 4 fully saturated rings. The van der Waals surface area contributed by atoms with E-state index in [1.807, 2.05) is 0 Å². The average Bonchev–Trinajstić information content (AvgIpc) is 3.64. The first-order chi connectivity index (χ1) is 15.1. The maximum Gasteiger partial charge on any atom is 0.371 e. The molecule has 0 amide bonds. The molecular weight excluding hydrogens is 408 g/mol. The van der Waals surface area contributed by atoms with Crippen molar-refractivity contribution in [3.63, 3.8) is 0 Å². The van der Waals surface area contributed by atoms with Crippen LogP contribution < -0.4 is 0 Å². The van der Waals surface area contributed by atoms with Crippen molar-refractivity contribution in [2.45, 2.75) is 65.9 Å². The van der Waals surface area contributed by atoms with Crippen LogP contribution in [-0.2, 0) is 28.7 Å². The molecule has 3 saturated carbocycles. The lowest BCUT2D eigenvalue weighted by Gasteiger charge is -2.59. The van der Waals surface area contributed by atoms with Gasteiger partial charge in [-0.1, -0.05) is 25.5 Å². The monoisotopic (exact) mass is 442 g/mol. The number of aldehydes is 1. The Bertz CT molecular complexity index is 917. The summed E-state index contributed by atoms with van der Waals surface area (Å²) in [4.78, 5) is 48.1. The van der Waals surface area contributed by atoms with Crippen LogP contribution in [0.1, 0.15) is 59.8 Å². The van der Waals surface area contributed by atoms with Crippen molar-refractivity contribution in [3.05, 3.63) is 11.6 Å². The summed E-state index contributed by atoms with van der Waals surface area (Å²) >= 11 is 0. The fourth-order valence-electron chi connectivity index (χ4n) is 8.20. The molecule has 0 N–H and O–H groups in total. The second-order valence-electron chi connectivity index (χ2n) is 11.8. The standard InChI is InChI=1S/C26H34O6/c1-14(28)16-7-21-25(4,19-5-6-24(3,8-18(16)19)22-12-31-22)9-17(15(2)29)20-10-26(20,21)13-32-23(30)11-27/h5,11,16-18,20-22H,6-10,12-13H2,1-4H3/t16-,17-,18-,20-,21-,22+,24-,25-,26+/m0/s1. The van der Waals surface area contributed by atoms with Crippen molar-refractivity contribution in [3.8, 4) is 0 Å². The molecule has 4 aliphatic carbocycles. The van der Waals surface area contributed by atoms with E-state index in [2.05, 4.69) is 19.9 Å². The zero-order valence-corrected chi connectivity index (χ0v) is 19.5. The smallest absolute Gasteiger partial charge is 0.371 e. The Kier molecular flexibility index (Phi) is 4.87. The second-order valence-corrected chi connectivity index (χ2v) is 11.8. The van der Waals surface area contributed by atoms with E-state index in [1.165, 1.54) is 5.57 Å². The first-order valence-corrected chi connectivity index (χ1v) is 12.0. The number of hydrogen-bond donors (Lipinski definition) is 0. The fraction of sp³-hybridized carbons (Fsp3) is 0.769. The third-order valence-corrected chi connectivity index (χ3v) is 10.0. The van der Waals surface area contributed by atoms with Gasteiger partial charge in [0.25, 0.3) is 0 Å². The molecule has 5 aliphatic rings. The number of rotatable bonds is 6. The van der Waals surface area contributed by atoms with E-state index < -0.39 is 5.97 Å². The molecule has 6 nitrogen and oxygen atoms in total. The molecule has 1 aliphatic heterocycles. The second kappa shape index (κ2) is 7.09. The lowest BCUT2D eigenvalue weighted by atomic mass is 9.45. The summed E-state index contributed by atoms with van der Waals surface area (Å²) in [6.45, 7) is 8.89. The highest BCUT2D eigenvalue weighted by atomic mass is 16.6. The molecular formula is C26H34O6. The highest BCUT2D eigenvalue weighted by Gasteiger charge is 2.73. The normalized spacial score (nSPS) is 48.3. The predicted molar refractivity (Wildman–Crippen MR) is 115 cm³/mol. The summed E-state index contributed by atoms with van der Waals surface area (Å²) in [7, 11) is 0. The van der Waals surface area contributed by atoms with Gasteiger partial charge in [-0.2, -0.15) is 0 Å². The number of Topliss-reactive ketones (excluding diaryl/α,β-unsaturated/α-hetero) is 2. The molecule has 0 spiro atoms. The van der Waals surface area contributed by atoms with Gasteiger partial charge in [-0.3, -0.25) is 14.4 Å². The lowest BCUT2D eigenvalue weighted by molar-refractivity contribution is -0.154. The maximum atomic E-state index is 12.9. The minimum Gasteiger partial charge on any atom is -0.460 e. The fourth-order valence-corrected chi connectivity index (χ4v) is 8.20. The molecule has 1 heterocycles. The Morgan fingerprint density at radius 3 is 2.41 bits per heavy atom. The minimum atomic E-state index is -0.856. The van der Waals surface area contributed by atoms with Crippen molar-refractivity contribution in [2.75, 3.05) is 13.2 Å². The molecule has 174 valence electrons. The average molecular weight is 443 g/mol. The molecule has 0 aromatic rings. The zero-order chi connectivity index (χ0) is 23.1. The third kappa shape index (κ3) is 3.08. The van der Waals surface area contributed by atoms with Crippen molar-refractivity contribution in [2.24, 2.45) is 45.8 Å². The van der Waals surface area contributed by atoms with Gasteiger partial charge in [0.2, 0.25) is 6.29 Å². The highest BCUT2D eigenvalue weighted by Crippen LogP contribution is 2.76. The number of carbonyl (C=O) groups excluding carboxylic acids is 4. The van der Waals surface area contributed by atoms with Crippen LogP contribution in [0.15, 0.2) is 11.6 Å². The van der Waals surface area contributed by atoms with Gasteiger partial charge in [0.15, 0.2) is 0 Å². The van der Waals surface area contributed by atoms with Crippen LogP contribution in [0, 0.1) is 45.8 Å². The van der Waals surface area contributed by atoms with E-state index in [9.17, 15) is 19.2 Å². The van der Waals surface area contributed by atoms with E-state index in [1.54, 1.807) is 13.8 Å². The van der Waals surface area contributed by atoms with Gasteiger partial charge >= 0.3 is 5.97 Å². The predicted octanol–water partition coefficient (Wildman–Crippen LogP) is 3.32. The Morgan fingerprint density at radius 2 is 1.81 bits per heavy atom. The van der Waals surface area contributed by atoms with E-state index >= 15 is 0 Å². The maximum absolute atomic E-state index is 12.9. The zero-order valence-electron chi connectivity index (χ0n) is 19.5. The van der Waals surface area contributed by atoms with E-state index in [4.69, 9.17) is 9.47 Å². The van der Waals surface area contributed by atoms with Crippen LogP contribution in [0.3, 0.4) is 0 Å².